The standard InChI is InChI=1S/C21H21F6NO/c1-28-10-16(19(11-28)15-5-3-2-4-6-15)13-29-12-14-7-17(20(22,23)24)9-18(8-14)21(25,26)27/h2-9,16,19H,10-13H2,1H3/t16-,19+/m1/s1. The summed E-state index contributed by atoms with van der Waals surface area (Å²) < 4.78 is 83.4. The first-order chi connectivity index (χ1) is 13.5. The highest BCUT2D eigenvalue weighted by Gasteiger charge is 2.37. The fourth-order valence-corrected chi connectivity index (χ4v) is 3.76. The van der Waals surface area contributed by atoms with Crippen LogP contribution in [0.5, 0.6) is 0 Å². The quantitative estimate of drug-likeness (QED) is 0.589. The lowest BCUT2D eigenvalue weighted by atomic mass is 9.89. The summed E-state index contributed by atoms with van der Waals surface area (Å²) in [5, 5.41) is 0. The smallest absolute Gasteiger partial charge is 0.376 e. The number of benzene rings is 2. The van der Waals surface area contributed by atoms with Gasteiger partial charge in [0.25, 0.3) is 0 Å². The Morgan fingerprint density at radius 3 is 2.03 bits per heavy atom. The van der Waals surface area contributed by atoms with Gasteiger partial charge < -0.3 is 9.64 Å². The maximum absolute atomic E-state index is 13.0. The number of rotatable bonds is 5. The van der Waals surface area contributed by atoms with Crippen LogP contribution in [-0.4, -0.2) is 31.6 Å². The van der Waals surface area contributed by atoms with Gasteiger partial charge in [-0.15, -0.1) is 0 Å². The minimum atomic E-state index is -4.86. The Labute approximate surface area is 165 Å². The molecule has 1 aliphatic heterocycles. The molecule has 1 fully saturated rings. The molecule has 3 rings (SSSR count). The second-order valence-electron chi connectivity index (χ2n) is 7.43. The molecule has 2 atom stereocenters. The highest BCUT2D eigenvalue weighted by atomic mass is 19.4. The molecule has 0 spiro atoms. The average Bonchev–Trinajstić information content (AvgIpc) is 3.01. The molecule has 0 N–H and O–H groups in total. The number of alkyl halides is 6. The molecule has 0 aromatic heterocycles. The van der Waals surface area contributed by atoms with Gasteiger partial charge in [-0.2, -0.15) is 26.3 Å². The molecule has 1 heterocycles. The first kappa shape index (κ1) is 21.6. The molecule has 0 radical (unpaired) electrons. The third-order valence-electron chi connectivity index (χ3n) is 5.10. The van der Waals surface area contributed by atoms with E-state index in [0.29, 0.717) is 12.1 Å². The topological polar surface area (TPSA) is 12.5 Å². The van der Waals surface area contributed by atoms with E-state index in [1.54, 1.807) is 0 Å². The van der Waals surface area contributed by atoms with Crippen LogP contribution in [0.15, 0.2) is 48.5 Å². The van der Waals surface area contributed by atoms with Crippen molar-refractivity contribution in [2.75, 3.05) is 26.7 Å². The van der Waals surface area contributed by atoms with Gasteiger partial charge in [-0.1, -0.05) is 30.3 Å². The molecule has 0 bridgehead atoms. The number of ether oxygens (including phenoxy) is 1. The second-order valence-corrected chi connectivity index (χ2v) is 7.43. The van der Waals surface area contributed by atoms with Crippen LogP contribution in [0.3, 0.4) is 0 Å². The Morgan fingerprint density at radius 2 is 1.48 bits per heavy atom. The third kappa shape index (κ3) is 5.51. The maximum Gasteiger partial charge on any atom is 0.416 e. The van der Waals surface area contributed by atoms with Crippen LogP contribution in [0.25, 0.3) is 0 Å². The monoisotopic (exact) mass is 417 g/mol. The van der Waals surface area contributed by atoms with Crippen molar-refractivity contribution in [2.24, 2.45) is 5.92 Å². The van der Waals surface area contributed by atoms with Crippen LogP contribution < -0.4 is 0 Å². The van der Waals surface area contributed by atoms with Crippen LogP contribution in [0.4, 0.5) is 26.3 Å². The first-order valence-electron chi connectivity index (χ1n) is 9.13. The van der Waals surface area contributed by atoms with Gasteiger partial charge in [-0.05, 0) is 36.4 Å². The number of likely N-dealkylation sites (N-methyl/N-ethyl adjacent to an activating group) is 1. The highest BCUT2D eigenvalue weighted by Crippen LogP contribution is 2.37. The van der Waals surface area contributed by atoms with Crippen LogP contribution in [0, 0.1) is 5.92 Å². The lowest BCUT2D eigenvalue weighted by molar-refractivity contribution is -0.143. The van der Waals surface area contributed by atoms with E-state index in [9.17, 15) is 26.3 Å². The summed E-state index contributed by atoms with van der Waals surface area (Å²) in [6.07, 6.45) is -9.72. The van der Waals surface area contributed by atoms with Crippen LogP contribution in [0.1, 0.15) is 28.2 Å². The SMILES string of the molecule is CN1C[C@H](COCc2cc(C(F)(F)F)cc(C(F)(F)F)c2)[C@H](c2ccccc2)C1. The predicted octanol–water partition coefficient (Wildman–Crippen LogP) is 5.59. The molecule has 0 saturated carbocycles. The molecule has 158 valence electrons. The molecule has 29 heavy (non-hydrogen) atoms. The molecule has 8 heteroatoms. The predicted molar refractivity (Wildman–Crippen MR) is 96.3 cm³/mol. The van der Waals surface area contributed by atoms with E-state index in [4.69, 9.17) is 4.74 Å². The normalized spacial score (nSPS) is 20.9. The molecule has 2 aromatic carbocycles. The molecule has 1 saturated heterocycles. The van der Waals surface area contributed by atoms with E-state index >= 15 is 0 Å². The fourth-order valence-electron chi connectivity index (χ4n) is 3.76. The summed E-state index contributed by atoms with van der Waals surface area (Å²) in [6.45, 7) is 1.51. The summed E-state index contributed by atoms with van der Waals surface area (Å²) >= 11 is 0. The molecular weight excluding hydrogens is 396 g/mol. The molecule has 2 nitrogen and oxygen atoms in total. The number of halogens is 6. The Kier molecular flexibility index (Phi) is 6.24. The number of hydrogen-bond acceptors (Lipinski definition) is 2. The lowest BCUT2D eigenvalue weighted by Gasteiger charge is -2.19. The van der Waals surface area contributed by atoms with E-state index in [1.165, 1.54) is 0 Å². The van der Waals surface area contributed by atoms with Crippen molar-refractivity contribution in [2.45, 2.75) is 24.9 Å². The highest BCUT2D eigenvalue weighted by molar-refractivity contribution is 5.33. The van der Waals surface area contributed by atoms with Crippen molar-refractivity contribution in [1.29, 1.82) is 0 Å². The zero-order chi connectivity index (χ0) is 21.2. The number of likely N-dealkylation sites (tertiary alicyclic amines) is 1. The Morgan fingerprint density at radius 1 is 0.897 bits per heavy atom. The van der Waals surface area contributed by atoms with Gasteiger partial charge in [-0.25, -0.2) is 0 Å². The van der Waals surface area contributed by atoms with Gasteiger partial charge in [0.15, 0.2) is 0 Å². The van der Waals surface area contributed by atoms with Crippen molar-refractivity contribution < 1.29 is 31.1 Å². The molecule has 0 unspecified atom stereocenters. The van der Waals surface area contributed by atoms with Crippen LogP contribution >= 0.6 is 0 Å². The van der Waals surface area contributed by atoms with Gasteiger partial charge in [-0.3, -0.25) is 0 Å². The Balaban J connectivity index is 1.71. The summed E-state index contributed by atoms with van der Waals surface area (Å²) in [7, 11) is 1.97. The van der Waals surface area contributed by atoms with E-state index in [-0.39, 0.29) is 36.7 Å². The molecule has 0 aliphatic carbocycles. The minimum Gasteiger partial charge on any atom is -0.376 e. The lowest BCUT2D eigenvalue weighted by Crippen LogP contribution is -2.18. The largest absolute Gasteiger partial charge is 0.416 e. The first-order valence-corrected chi connectivity index (χ1v) is 9.13. The zero-order valence-corrected chi connectivity index (χ0v) is 15.7. The van der Waals surface area contributed by atoms with Crippen molar-refractivity contribution in [3.05, 3.63) is 70.8 Å². The maximum atomic E-state index is 13.0. The van der Waals surface area contributed by atoms with E-state index in [0.717, 1.165) is 18.7 Å². The summed E-state index contributed by atoms with van der Waals surface area (Å²) in [5.41, 5.74) is -1.65. The van der Waals surface area contributed by atoms with Crippen LogP contribution in [0.2, 0.25) is 0 Å². The second kappa shape index (κ2) is 8.36. The van der Waals surface area contributed by atoms with Crippen LogP contribution in [-0.2, 0) is 23.7 Å². The Bertz CT molecular complexity index is 786. The average molecular weight is 417 g/mol. The fraction of sp³-hybridized carbons (Fsp3) is 0.429. The van der Waals surface area contributed by atoms with Gasteiger partial charge in [0.05, 0.1) is 24.3 Å². The van der Waals surface area contributed by atoms with Gasteiger partial charge >= 0.3 is 12.4 Å². The number of nitrogens with zero attached hydrogens (tertiary/aromatic N) is 1. The van der Waals surface area contributed by atoms with Gasteiger partial charge in [0.2, 0.25) is 0 Å². The van der Waals surface area contributed by atoms with E-state index < -0.39 is 23.5 Å². The minimum absolute atomic E-state index is 0.107. The Hall–Kier alpha value is -2.06. The van der Waals surface area contributed by atoms with Gasteiger partial charge in [0.1, 0.15) is 0 Å². The van der Waals surface area contributed by atoms with Crippen molar-refractivity contribution in [1.82, 2.24) is 4.90 Å². The van der Waals surface area contributed by atoms with E-state index in [2.05, 4.69) is 4.90 Å². The van der Waals surface area contributed by atoms with E-state index in [1.807, 2.05) is 37.4 Å². The van der Waals surface area contributed by atoms with Gasteiger partial charge in [0, 0.05) is 24.9 Å². The number of hydrogen-bond donors (Lipinski definition) is 0. The summed E-state index contributed by atoms with van der Waals surface area (Å²) in [6, 6.07) is 11.4. The molecular formula is C21H21F6NO. The molecule has 1 aliphatic rings. The summed E-state index contributed by atoms with van der Waals surface area (Å²) in [5.74, 6) is 0.309. The van der Waals surface area contributed by atoms with Crippen molar-refractivity contribution >= 4 is 0 Å². The molecule has 2 aromatic rings. The molecule has 0 amide bonds. The van der Waals surface area contributed by atoms with Crippen molar-refractivity contribution in [3.8, 4) is 0 Å². The van der Waals surface area contributed by atoms with Crippen molar-refractivity contribution in [3.63, 3.8) is 0 Å². The summed E-state index contributed by atoms with van der Waals surface area (Å²) in [4.78, 5) is 2.14. The third-order valence-corrected chi connectivity index (χ3v) is 5.10. The zero-order valence-electron chi connectivity index (χ0n) is 15.7.